The molecular formula is C8H9BrN4O2. The number of hydrogen-bond acceptors (Lipinski definition) is 4. The number of hydrogen-bond donors (Lipinski definition) is 1. The summed E-state index contributed by atoms with van der Waals surface area (Å²) in [6, 6.07) is 1.70. The Bertz CT molecular complexity index is 405. The second-order valence-corrected chi connectivity index (χ2v) is 3.60. The molecule has 0 amide bonds. The van der Waals surface area contributed by atoms with E-state index in [0.29, 0.717) is 11.2 Å². The maximum Gasteiger partial charge on any atom is 0.359 e. The molecule has 80 valence electrons. The minimum absolute atomic E-state index is 0.0609. The van der Waals surface area contributed by atoms with Crippen molar-refractivity contribution in [3.63, 3.8) is 0 Å². The lowest BCUT2D eigenvalue weighted by Gasteiger charge is -2.02. The van der Waals surface area contributed by atoms with Gasteiger partial charge in [0.1, 0.15) is 6.07 Å². The van der Waals surface area contributed by atoms with Crippen LogP contribution in [0, 0.1) is 21.4 Å². The van der Waals surface area contributed by atoms with Crippen molar-refractivity contribution in [2.24, 2.45) is 0 Å². The first-order valence-corrected chi connectivity index (χ1v) is 5.46. The molecule has 0 radical (unpaired) electrons. The highest BCUT2D eigenvalue weighted by molar-refractivity contribution is 9.09. The predicted octanol–water partition coefficient (Wildman–Crippen LogP) is 2.08. The van der Waals surface area contributed by atoms with E-state index in [0.717, 1.165) is 6.42 Å². The van der Waals surface area contributed by atoms with E-state index in [-0.39, 0.29) is 17.4 Å². The molecular weight excluding hydrogens is 264 g/mol. The fraction of sp³-hybridized carbons (Fsp3) is 0.500. The summed E-state index contributed by atoms with van der Waals surface area (Å²) < 4.78 is 0. The molecule has 0 aliphatic rings. The standard InChI is InChI=1S/C8H9BrN4O2/c1-2-5(3-9)7-11-6(4-10)8(12-7)13(14)15/h5H,2-3H2,1H3,(H,11,12). The fourth-order valence-corrected chi connectivity index (χ4v) is 1.93. The van der Waals surface area contributed by atoms with E-state index in [9.17, 15) is 10.1 Å². The molecule has 0 saturated heterocycles. The molecule has 0 aliphatic heterocycles. The Morgan fingerprint density at radius 2 is 2.47 bits per heavy atom. The van der Waals surface area contributed by atoms with Crippen molar-refractivity contribution in [1.29, 1.82) is 5.26 Å². The van der Waals surface area contributed by atoms with Gasteiger partial charge < -0.3 is 10.1 Å². The fourth-order valence-electron chi connectivity index (χ4n) is 1.16. The van der Waals surface area contributed by atoms with Gasteiger partial charge in [0.25, 0.3) is 0 Å². The Morgan fingerprint density at radius 1 is 1.80 bits per heavy atom. The van der Waals surface area contributed by atoms with Crippen molar-refractivity contribution in [2.75, 3.05) is 5.33 Å². The van der Waals surface area contributed by atoms with Crippen molar-refractivity contribution in [1.82, 2.24) is 9.97 Å². The molecule has 0 aliphatic carbocycles. The quantitative estimate of drug-likeness (QED) is 0.516. The second kappa shape index (κ2) is 4.89. The van der Waals surface area contributed by atoms with Gasteiger partial charge in [-0.1, -0.05) is 22.9 Å². The number of aromatic amines is 1. The molecule has 1 heterocycles. The zero-order valence-electron chi connectivity index (χ0n) is 8.03. The van der Waals surface area contributed by atoms with Crippen LogP contribution >= 0.6 is 15.9 Å². The van der Waals surface area contributed by atoms with Gasteiger partial charge in [0, 0.05) is 11.2 Å². The zero-order chi connectivity index (χ0) is 11.4. The van der Waals surface area contributed by atoms with Crippen molar-refractivity contribution < 1.29 is 4.92 Å². The third kappa shape index (κ3) is 2.33. The molecule has 0 aromatic carbocycles. The number of aromatic nitrogens is 2. The summed E-state index contributed by atoms with van der Waals surface area (Å²) in [5, 5.41) is 19.9. The molecule has 1 rings (SSSR count). The number of alkyl halides is 1. The summed E-state index contributed by atoms with van der Waals surface area (Å²) in [6.07, 6.45) is 0.792. The van der Waals surface area contributed by atoms with Crippen LogP contribution in [0.2, 0.25) is 0 Å². The van der Waals surface area contributed by atoms with Crippen LogP contribution in [0.15, 0.2) is 0 Å². The van der Waals surface area contributed by atoms with Crippen LogP contribution in [0.1, 0.15) is 30.8 Å². The van der Waals surface area contributed by atoms with Gasteiger partial charge in [-0.05, 0) is 11.3 Å². The smallest absolute Gasteiger partial charge is 0.358 e. The maximum absolute atomic E-state index is 10.6. The largest absolute Gasteiger partial charge is 0.359 e. The van der Waals surface area contributed by atoms with Crippen molar-refractivity contribution in [3.05, 3.63) is 21.6 Å². The molecule has 1 unspecified atom stereocenters. The first-order chi connectivity index (χ1) is 7.13. The molecule has 1 N–H and O–H groups in total. The van der Waals surface area contributed by atoms with Crippen LogP contribution in [-0.4, -0.2) is 20.2 Å². The Labute approximate surface area is 94.6 Å². The SMILES string of the molecule is CCC(CBr)c1nc(C#N)c([N+](=O)[O-])[nH]1. The Morgan fingerprint density at radius 3 is 2.80 bits per heavy atom. The molecule has 1 aromatic heterocycles. The molecule has 7 heteroatoms. The van der Waals surface area contributed by atoms with Gasteiger partial charge in [-0.25, -0.2) is 4.98 Å². The number of nitrogens with zero attached hydrogens (tertiary/aromatic N) is 3. The summed E-state index contributed by atoms with van der Waals surface area (Å²) >= 11 is 3.29. The topological polar surface area (TPSA) is 95.6 Å². The number of nitro groups is 1. The number of nitrogens with one attached hydrogen (secondary N) is 1. The van der Waals surface area contributed by atoms with Gasteiger partial charge in [-0.3, -0.25) is 0 Å². The lowest BCUT2D eigenvalue weighted by molar-refractivity contribution is -0.389. The second-order valence-electron chi connectivity index (χ2n) is 2.95. The van der Waals surface area contributed by atoms with Gasteiger partial charge in [0.15, 0.2) is 5.82 Å². The highest BCUT2D eigenvalue weighted by Gasteiger charge is 2.23. The molecule has 0 bridgehead atoms. The van der Waals surface area contributed by atoms with E-state index in [1.165, 1.54) is 0 Å². The number of nitriles is 1. The van der Waals surface area contributed by atoms with Crippen LogP contribution in [0.3, 0.4) is 0 Å². The molecule has 0 fully saturated rings. The highest BCUT2D eigenvalue weighted by Crippen LogP contribution is 2.23. The highest BCUT2D eigenvalue weighted by atomic mass is 79.9. The third-order valence-corrected chi connectivity index (χ3v) is 2.84. The summed E-state index contributed by atoms with van der Waals surface area (Å²) in [4.78, 5) is 16.4. The lowest BCUT2D eigenvalue weighted by atomic mass is 10.1. The van der Waals surface area contributed by atoms with Crippen molar-refractivity contribution in [2.45, 2.75) is 19.3 Å². The van der Waals surface area contributed by atoms with Gasteiger partial charge in [-0.2, -0.15) is 10.2 Å². The van der Waals surface area contributed by atoms with Crippen molar-refractivity contribution in [3.8, 4) is 6.07 Å². The average Bonchev–Trinajstić information content (AvgIpc) is 2.64. The number of imidazole rings is 1. The third-order valence-electron chi connectivity index (χ3n) is 2.06. The normalized spacial score (nSPS) is 12.1. The van der Waals surface area contributed by atoms with E-state index in [1.54, 1.807) is 6.07 Å². The zero-order valence-corrected chi connectivity index (χ0v) is 9.61. The Kier molecular flexibility index (Phi) is 3.80. The van der Waals surface area contributed by atoms with Crippen LogP contribution < -0.4 is 0 Å². The van der Waals surface area contributed by atoms with E-state index < -0.39 is 4.92 Å². The molecule has 1 atom stereocenters. The summed E-state index contributed by atoms with van der Waals surface area (Å²) in [5.41, 5.74) is -0.158. The number of rotatable bonds is 4. The van der Waals surface area contributed by atoms with E-state index >= 15 is 0 Å². The van der Waals surface area contributed by atoms with Gasteiger partial charge in [0.2, 0.25) is 5.69 Å². The summed E-state index contributed by atoms with van der Waals surface area (Å²) in [5.74, 6) is 0.218. The minimum atomic E-state index is -0.629. The van der Waals surface area contributed by atoms with E-state index in [2.05, 4.69) is 25.9 Å². The van der Waals surface area contributed by atoms with Gasteiger partial charge >= 0.3 is 5.82 Å². The van der Waals surface area contributed by atoms with Crippen LogP contribution in [0.4, 0.5) is 5.82 Å². The summed E-state index contributed by atoms with van der Waals surface area (Å²) in [6.45, 7) is 1.95. The van der Waals surface area contributed by atoms with Gasteiger partial charge in [-0.15, -0.1) is 0 Å². The molecule has 1 aromatic rings. The number of halogens is 1. The Hall–Kier alpha value is -1.42. The van der Waals surface area contributed by atoms with E-state index in [4.69, 9.17) is 5.26 Å². The molecule has 0 saturated carbocycles. The first-order valence-electron chi connectivity index (χ1n) is 4.34. The molecule has 15 heavy (non-hydrogen) atoms. The predicted molar refractivity (Wildman–Crippen MR) is 56.8 cm³/mol. The Balaban J connectivity index is 3.13. The number of H-pyrrole nitrogens is 1. The maximum atomic E-state index is 10.6. The molecule has 6 nitrogen and oxygen atoms in total. The van der Waals surface area contributed by atoms with E-state index in [1.807, 2.05) is 6.92 Å². The van der Waals surface area contributed by atoms with Crippen LogP contribution in [0.5, 0.6) is 0 Å². The minimum Gasteiger partial charge on any atom is -0.358 e. The summed E-state index contributed by atoms with van der Waals surface area (Å²) in [7, 11) is 0. The van der Waals surface area contributed by atoms with Gasteiger partial charge in [0.05, 0.1) is 0 Å². The first kappa shape index (κ1) is 11.7. The van der Waals surface area contributed by atoms with Crippen LogP contribution in [-0.2, 0) is 0 Å². The average molecular weight is 273 g/mol. The monoisotopic (exact) mass is 272 g/mol. The lowest BCUT2D eigenvalue weighted by Crippen LogP contribution is -2.01. The van der Waals surface area contributed by atoms with Crippen LogP contribution in [0.25, 0.3) is 0 Å². The molecule has 0 spiro atoms. The van der Waals surface area contributed by atoms with Crippen molar-refractivity contribution >= 4 is 21.7 Å².